The molecule has 114 valence electrons. The second-order valence-electron chi connectivity index (χ2n) is 6.04. The van der Waals surface area contributed by atoms with E-state index in [1.165, 1.54) is 24.0 Å². The monoisotopic (exact) mass is 287 g/mol. The Balaban J connectivity index is 1.60. The molecule has 2 fully saturated rings. The number of fused-ring (bicyclic) bond motifs is 2. The fraction of sp³-hybridized carbons (Fsp3) is 0.588. The van der Waals surface area contributed by atoms with Gasteiger partial charge in [0.15, 0.2) is 5.96 Å². The summed E-state index contributed by atoms with van der Waals surface area (Å²) in [5.74, 6) is 0.902. The zero-order chi connectivity index (χ0) is 14.7. The topological polar surface area (TPSA) is 45.7 Å². The van der Waals surface area contributed by atoms with Gasteiger partial charge in [0.25, 0.3) is 0 Å². The van der Waals surface area contributed by atoms with Crippen LogP contribution in [0.1, 0.15) is 37.3 Å². The number of nitrogens with zero attached hydrogens (tertiary/aromatic N) is 1. The first-order valence-corrected chi connectivity index (χ1v) is 8.00. The Kier molecular flexibility index (Phi) is 4.44. The third-order valence-corrected chi connectivity index (χ3v) is 4.31. The second kappa shape index (κ2) is 6.48. The molecule has 0 aromatic heterocycles. The molecule has 0 amide bonds. The Hall–Kier alpha value is -1.55. The van der Waals surface area contributed by atoms with E-state index in [1.54, 1.807) is 0 Å². The maximum Gasteiger partial charge on any atom is 0.191 e. The summed E-state index contributed by atoms with van der Waals surface area (Å²) in [5, 5.41) is 6.88. The molecular weight excluding hydrogens is 262 g/mol. The van der Waals surface area contributed by atoms with Crippen LogP contribution in [0.15, 0.2) is 29.3 Å². The van der Waals surface area contributed by atoms with E-state index in [1.807, 2.05) is 0 Å². The summed E-state index contributed by atoms with van der Waals surface area (Å²) >= 11 is 0. The Morgan fingerprint density at radius 3 is 2.71 bits per heavy atom. The number of ether oxygens (including phenoxy) is 1. The van der Waals surface area contributed by atoms with Crippen LogP contribution in [0, 0.1) is 6.92 Å². The van der Waals surface area contributed by atoms with Gasteiger partial charge in [0.1, 0.15) is 0 Å². The van der Waals surface area contributed by atoms with E-state index < -0.39 is 0 Å². The van der Waals surface area contributed by atoms with Crippen molar-refractivity contribution in [1.29, 1.82) is 0 Å². The molecule has 2 aliphatic rings. The van der Waals surface area contributed by atoms with Crippen LogP contribution in [0.4, 0.5) is 0 Å². The quantitative estimate of drug-likeness (QED) is 0.660. The van der Waals surface area contributed by atoms with E-state index in [0.29, 0.717) is 24.8 Å². The molecule has 2 N–H and O–H groups in total. The van der Waals surface area contributed by atoms with E-state index >= 15 is 0 Å². The van der Waals surface area contributed by atoms with Gasteiger partial charge in [0, 0.05) is 6.54 Å². The normalized spacial score (nSPS) is 27.9. The average Bonchev–Trinajstić information content (AvgIpc) is 3.09. The number of benzene rings is 1. The third-order valence-electron chi connectivity index (χ3n) is 4.31. The highest BCUT2D eigenvalue weighted by atomic mass is 16.5. The van der Waals surface area contributed by atoms with Gasteiger partial charge < -0.3 is 15.4 Å². The van der Waals surface area contributed by atoms with Crippen LogP contribution >= 0.6 is 0 Å². The SMILES string of the molecule is CCNC(=NCc1ccc(C)cc1)NC1CC2CCC1O2. The fourth-order valence-corrected chi connectivity index (χ4v) is 3.15. The molecule has 1 aromatic carbocycles. The Morgan fingerprint density at radius 1 is 1.29 bits per heavy atom. The Morgan fingerprint density at radius 2 is 2.10 bits per heavy atom. The Bertz CT molecular complexity index is 497. The Labute approximate surface area is 127 Å². The lowest BCUT2D eigenvalue weighted by Gasteiger charge is -2.22. The van der Waals surface area contributed by atoms with Crippen molar-refractivity contribution in [3.63, 3.8) is 0 Å². The van der Waals surface area contributed by atoms with Crippen LogP contribution in [-0.2, 0) is 11.3 Å². The first kappa shape index (κ1) is 14.4. The molecule has 2 saturated heterocycles. The molecule has 0 saturated carbocycles. The molecule has 3 unspecified atom stereocenters. The maximum atomic E-state index is 5.89. The predicted molar refractivity (Wildman–Crippen MR) is 85.4 cm³/mol. The molecule has 3 rings (SSSR count). The summed E-state index contributed by atoms with van der Waals surface area (Å²) < 4.78 is 5.89. The summed E-state index contributed by atoms with van der Waals surface area (Å²) in [7, 11) is 0. The number of aryl methyl sites for hydroxylation is 1. The lowest BCUT2D eigenvalue weighted by molar-refractivity contribution is 0.0992. The smallest absolute Gasteiger partial charge is 0.191 e. The number of hydrogen-bond acceptors (Lipinski definition) is 2. The van der Waals surface area contributed by atoms with Crippen molar-refractivity contribution in [3.05, 3.63) is 35.4 Å². The van der Waals surface area contributed by atoms with E-state index in [0.717, 1.165) is 18.9 Å². The number of aliphatic imine (C=N–C) groups is 1. The molecule has 0 spiro atoms. The molecule has 0 radical (unpaired) electrons. The average molecular weight is 287 g/mol. The summed E-state index contributed by atoms with van der Waals surface area (Å²) in [5.41, 5.74) is 2.52. The van der Waals surface area contributed by atoms with Crippen molar-refractivity contribution >= 4 is 5.96 Å². The van der Waals surface area contributed by atoms with Gasteiger partial charge in [-0.25, -0.2) is 4.99 Å². The van der Waals surface area contributed by atoms with E-state index in [-0.39, 0.29) is 0 Å². The van der Waals surface area contributed by atoms with Crippen LogP contribution in [0.5, 0.6) is 0 Å². The fourth-order valence-electron chi connectivity index (χ4n) is 3.15. The van der Waals surface area contributed by atoms with E-state index in [9.17, 15) is 0 Å². The zero-order valence-corrected chi connectivity index (χ0v) is 12.9. The third kappa shape index (κ3) is 3.56. The van der Waals surface area contributed by atoms with Crippen molar-refractivity contribution in [2.45, 2.75) is 57.9 Å². The van der Waals surface area contributed by atoms with Gasteiger partial charge in [0.05, 0.1) is 24.8 Å². The predicted octanol–water partition coefficient (Wildman–Crippen LogP) is 2.37. The number of nitrogens with one attached hydrogen (secondary N) is 2. The first-order chi connectivity index (χ1) is 10.2. The molecule has 4 heteroatoms. The standard InChI is InChI=1S/C17H25N3O/c1-3-18-17(19-11-13-6-4-12(2)5-7-13)20-15-10-14-8-9-16(15)21-14/h4-7,14-16H,3,8-11H2,1-2H3,(H2,18,19,20). The van der Waals surface area contributed by atoms with Gasteiger partial charge in [0.2, 0.25) is 0 Å². The van der Waals surface area contributed by atoms with Crippen LogP contribution < -0.4 is 10.6 Å². The van der Waals surface area contributed by atoms with Crippen LogP contribution in [0.25, 0.3) is 0 Å². The van der Waals surface area contributed by atoms with E-state index in [2.05, 4.69) is 48.7 Å². The lowest BCUT2D eigenvalue weighted by atomic mass is 9.96. The van der Waals surface area contributed by atoms with Crippen molar-refractivity contribution in [2.24, 2.45) is 4.99 Å². The molecule has 4 nitrogen and oxygen atoms in total. The highest BCUT2D eigenvalue weighted by molar-refractivity contribution is 5.80. The van der Waals surface area contributed by atoms with Gasteiger partial charge in [-0.15, -0.1) is 0 Å². The number of rotatable bonds is 4. The molecule has 2 heterocycles. The van der Waals surface area contributed by atoms with Crippen LogP contribution in [-0.4, -0.2) is 30.8 Å². The second-order valence-corrected chi connectivity index (χ2v) is 6.04. The van der Waals surface area contributed by atoms with Gasteiger partial charge in [-0.05, 0) is 38.7 Å². The zero-order valence-electron chi connectivity index (χ0n) is 12.9. The van der Waals surface area contributed by atoms with Crippen molar-refractivity contribution < 1.29 is 4.74 Å². The summed E-state index contributed by atoms with van der Waals surface area (Å²) in [6.45, 7) is 5.78. The van der Waals surface area contributed by atoms with E-state index in [4.69, 9.17) is 9.73 Å². The molecule has 21 heavy (non-hydrogen) atoms. The molecule has 2 bridgehead atoms. The lowest BCUT2D eigenvalue weighted by Crippen LogP contribution is -2.47. The molecule has 0 aliphatic carbocycles. The van der Waals surface area contributed by atoms with Crippen molar-refractivity contribution in [1.82, 2.24) is 10.6 Å². The van der Waals surface area contributed by atoms with Gasteiger partial charge in [-0.2, -0.15) is 0 Å². The minimum absolute atomic E-state index is 0.373. The maximum absolute atomic E-state index is 5.89. The molecule has 2 aliphatic heterocycles. The van der Waals surface area contributed by atoms with Crippen molar-refractivity contribution in [3.8, 4) is 0 Å². The molecule has 3 atom stereocenters. The summed E-state index contributed by atoms with van der Waals surface area (Å²) in [6.07, 6.45) is 4.35. The first-order valence-electron chi connectivity index (χ1n) is 8.00. The van der Waals surface area contributed by atoms with Gasteiger partial charge in [-0.3, -0.25) is 0 Å². The molecule has 1 aromatic rings. The van der Waals surface area contributed by atoms with Crippen LogP contribution in [0.2, 0.25) is 0 Å². The van der Waals surface area contributed by atoms with Gasteiger partial charge >= 0.3 is 0 Å². The highest BCUT2D eigenvalue weighted by Gasteiger charge is 2.41. The van der Waals surface area contributed by atoms with Gasteiger partial charge in [-0.1, -0.05) is 29.8 Å². The minimum Gasteiger partial charge on any atom is -0.373 e. The molecular formula is C17H25N3O. The summed E-state index contributed by atoms with van der Waals surface area (Å²) in [4.78, 5) is 4.70. The minimum atomic E-state index is 0.373. The van der Waals surface area contributed by atoms with Crippen LogP contribution in [0.3, 0.4) is 0 Å². The number of hydrogen-bond donors (Lipinski definition) is 2. The van der Waals surface area contributed by atoms with Crippen molar-refractivity contribution in [2.75, 3.05) is 6.54 Å². The number of guanidine groups is 1. The largest absolute Gasteiger partial charge is 0.373 e. The summed E-state index contributed by atoms with van der Waals surface area (Å²) in [6, 6.07) is 8.97. The highest BCUT2D eigenvalue weighted by Crippen LogP contribution is 2.34.